The van der Waals surface area contributed by atoms with Crippen LogP contribution in [0.1, 0.15) is 40.2 Å². The maximum Gasteiger partial charge on any atom is 0.256 e. The molecule has 2 aliphatic rings. The summed E-state index contributed by atoms with van der Waals surface area (Å²) in [5.41, 5.74) is 1.73. The fraction of sp³-hybridized carbons (Fsp3) is 0.714. The molecule has 1 atom stereocenters. The van der Waals surface area contributed by atoms with E-state index in [4.69, 9.17) is 0 Å². The zero-order valence-electron chi connectivity index (χ0n) is 11.7. The van der Waals surface area contributed by atoms with Crippen LogP contribution in [-0.2, 0) is 0 Å². The Morgan fingerprint density at radius 2 is 2.11 bits per heavy atom. The zero-order chi connectivity index (χ0) is 13.4. The van der Waals surface area contributed by atoms with E-state index in [9.17, 15) is 4.79 Å². The summed E-state index contributed by atoms with van der Waals surface area (Å²) in [5.74, 6) is 0.189. The Morgan fingerprint density at radius 3 is 2.84 bits per heavy atom. The van der Waals surface area contributed by atoms with Crippen molar-refractivity contribution in [1.29, 1.82) is 0 Å². The molecule has 0 aromatic carbocycles. The van der Waals surface area contributed by atoms with Crippen molar-refractivity contribution in [1.82, 2.24) is 14.2 Å². The molecule has 1 unspecified atom stereocenters. The molecule has 4 nitrogen and oxygen atoms in total. The number of rotatable bonds is 1. The summed E-state index contributed by atoms with van der Waals surface area (Å²) < 4.78 is 4.30. The van der Waals surface area contributed by atoms with Crippen LogP contribution in [0.25, 0.3) is 0 Å². The second-order valence-electron chi connectivity index (χ2n) is 5.64. The fourth-order valence-corrected chi connectivity index (χ4v) is 3.98. The van der Waals surface area contributed by atoms with Crippen LogP contribution in [0, 0.1) is 13.8 Å². The van der Waals surface area contributed by atoms with Crippen LogP contribution in [0.2, 0.25) is 0 Å². The van der Waals surface area contributed by atoms with E-state index in [0.717, 1.165) is 35.8 Å². The van der Waals surface area contributed by atoms with Crippen LogP contribution in [0.5, 0.6) is 0 Å². The lowest BCUT2D eigenvalue weighted by Crippen LogP contribution is -2.56. The Hall–Kier alpha value is -0.940. The van der Waals surface area contributed by atoms with E-state index in [1.54, 1.807) is 0 Å². The smallest absolute Gasteiger partial charge is 0.256 e. The number of aryl methyl sites for hydroxylation is 2. The van der Waals surface area contributed by atoms with E-state index in [0.29, 0.717) is 6.04 Å². The normalized spacial score (nSPS) is 24.3. The Bertz CT molecular complexity index is 466. The monoisotopic (exact) mass is 279 g/mol. The molecule has 3 rings (SSSR count). The lowest BCUT2D eigenvalue weighted by molar-refractivity contribution is 0.0371. The minimum absolute atomic E-state index is 0.189. The molecular weight excluding hydrogens is 258 g/mol. The van der Waals surface area contributed by atoms with Crippen molar-refractivity contribution < 1.29 is 4.79 Å². The zero-order valence-corrected chi connectivity index (χ0v) is 12.5. The number of nitrogens with zero attached hydrogens (tertiary/aromatic N) is 3. The van der Waals surface area contributed by atoms with Gasteiger partial charge in [0.15, 0.2) is 0 Å². The van der Waals surface area contributed by atoms with Gasteiger partial charge < -0.3 is 4.90 Å². The maximum atomic E-state index is 12.7. The van der Waals surface area contributed by atoms with E-state index in [1.165, 1.54) is 37.3 Å². The summed E-state index contributed by atoms with van der Waals surface area (Å²) in [4.78, 5) is 18.3. The first-order valence-corrected chi connectivity index (χ1v) is 7.90. The summed E-state index contributed by atoms with van der Waals surface area (Å²) in [6, 6.07) is 0.582. The van der Waals surface area contributed by atoms with E-state index in [1.807, 2.05) is 18.7 Å². The molecule has 1 aromatic heterocycles. The van der Waals surface area contributed by atoms with Gasteiger partial charge in [-0.2, -0.15) is 4.37 Å². The van der Waals surface area contributed by atoms with Crippen molar-refractivity contribution in [2.75, 3.05) is 26.2 Å². The molecule has 0 bridgehead atoms. The average molecular weight is 279 g/mol. The molecule has 2 aliphatic heterocycles. The van der Waals surface area contributed by atoms with Crippen molar-refractivity contribution in [3.05, 3.63) is 16.1 Å². The van der Waals surface area contributed by atoms with Gasteiger partial charge in [0.25, 0.3) is 5.91 Å². The quantitative estimate of drug-likeness (QED) is 0.789. The second-order valence-corrected chi connectivity index (χ2v) is 6.61. The average Bonchev–Trinajstić information content (AvgIpc) is 2.77. The molecule has 0 saturated carbocycles. The van der Waals surface area contributed by atoms with Gasteiger partial charge in [-0.15, -0.1) is 0 Å². The van der Waals surface area contributed by atoms with E-state index in [2.05, 4.69) is 9.27 Å². The molecule has 1 aromatic rings. The molecule has 0 radical (unpaired) electrons. The van der Waals surface area contributed by atoms with Gasteiger partial charge in [-0.3, -0.25) is 9.69 Å². The van der Waals surface area contributed by atoms with Crippen LogP contribution >= 0.6 is 11.5 Å². The molecule has 0 aliphatic carbocycles. The highest BCUT2D eigenvalue weighted by Crippen LogP contribution is 2.24. The van der Waals surface area contributed by atoms with E-state index in [-0.39, 0.29) is 5.91 Å². The van der Waals surface area contributed by atoms with Crippen molar-refractivity contribution in [2.24, 2.45) is 0 Å². The van der Waals surface area contributed by atoms with Gasteiger partial charge in [0.2, 0.25) is 0 Å². The highest BCUT2D eigenvalue weighted by Gasteiger charge is 2.32. The summed E-state index contributed by atoms with van der Waals surface area (Å²) in [7, 11) is 0. The largest absolute Gasteiger partial charge is 0.336 e. The van der Waals surface area contributed by atoms with Crippen LogP contribution in [-0.4, -0.2) is 52.3 Å². The predicted octanol–water partition coefficient (Wildman–Crippen LogP) is 2.07. The molecule has 3 heterocycles. The molecule has 2 fully saturated rings. The van der Waals surface area contributed by atoms with Gasteiger partial charge in [0.1, 0.15) is 0 Å². The fourth-order valence-electron chi connectivity index (χ4n) is 3.29. The minimum atomic E-state index is 0.189. The van der Waals surface area contributed by atoms with Crippen LogP contribution in [0.3, 0.4) is 0 Å². The lowest BCUT2D eigenvalue weighted by Gasteiger charge is -2.44. The summed E-state index contributed by atoms with van der Waals surface area (Å²) >= 11 is 1.44. The number of amides is 1. The Kier molecular flexibility index (Phi) is 3.58. The first kappa shape index (κ1) is 13.1. The number of hydrogen-bond donors (Lipinski definition) is 0. The highest BCUT2D eigenvalue weighted by molar-refractivity contribution is 7.06. The van der Waals surface area contributed by atoms with Crippen LogP contribution < -0.4 is 0 Å². The van der Waals surface area contributed by atoms with Gasteiger partial charge in [-0.1, -0.05) is 6.42 Å². The van der Waals surface area contributed by atoms with Crippen molar-refractivity contribution in [2.45, 2.75) is 39.2 Å². The standard InChI is InChI=1S/C14H21N3OS/c1-10-13(11(2)19-15-10)14(18)17-8-7-16-6-4-3-5-12(16)9-17/h12H,3-9H2,1-2H3. The van der Waals surface area contributed by atoms with Crippen molar-refractivity contribution in [3.8, 4) is 0 Å². The first-order valence-electron chi connectivity index (χ1n) is 7.13. The highest BCUT2D eigenvalue weighted by atomic mass is 32.1. The summed E-state index contributed by atoms with van der Waals surface area (Å²) in [6.45, 7) is 7.94. The number of carbonyl (C=O) groups is 1. The molecule has 5 heteroatoms. The number of piperidine rings is 1. The molecular formula is C14H21N3OS. The van der Waals surface area contributed by atoms with Gasteiger partial charge >= 0.3 is 0 Å². The Labute approximate surface area is 118 Å². The third kappa shape index (κ3) is 2.41. The van der Waals surface area contributed by atoms with Crippen LogP contribution in [0.15, 0.2) is 0 Å². The third-order valence-corrected chi connectivity index (χ3v) is 5.21. The topological polar surface area (TPSA) is 36.4 Å². The van der Waals surface area contributed by atoms with Crippen molar-refractivity contribution in [3.63, 3.8) is 0 Å². The lowest BCUT2D eigenvalue weighted by atomic mass is 9.99. The molecule has 1 amide bonds. The molecule has 0 N–H and O–H groups in total. The van der Waals surface area contributed by atoms with Gasteiger partial charge in [0, 0.05) is 30.6 Å². The molecule has 19 heavy (non-hydrogen) atoms. The van der Waals surface area contributed by atoms with E-state index < -0.39 is 0 Å². The van der Waals surface area contributed by atoms with E-state index >= 15 is 0 Å². The number of hydrogen-bond acceptors (Lipinski definition) is 4. The van der Waals surface area contributed by atoms with Gasteiger partial charge in [-0.25, -0.2) is 0 Å². The SMILES string of the molecule is Cc1nsc(C)c1C(=O)N1CCN2CCCCC2C1. The van der Waals surface area contributed by atoms with Gasteiger partial charge in [0.05, 0.1) is 11.3 Å². The first-order chi connectivity index (χ1) is 9.16. The predicted molar refractivity (Wildman–Crippen MR) is 76.7 cm³/mol. The number of aromatic nitrogens is 1. The minimum Gasteiger partial charge on any atom is -0.336 e. The van der Waals surface area contributed by atoms with Gasteiger partial charge in [-0.05, 0) is 44.8 Å². The number of piperazine rings is 1. The Morgan fingerprint density at radius 1 is 1.26 bits per heavy atom. The summed E-state index contributed by atoms with van der Waals surface area (Å²) in [6.07, 6.45) is 3.86. The molecule has 104 valence electrons. The summed E-state index contributed by atoms with van der Waals surface area (Å²) in [5, 5.41) is 0. The number of fused-ring (bicyclic) bond motifs is 1. The maximum absolute atomic E-state index is 12.7. The van der Waals surface area contributed by atoms with Crippen molar-refractivity contribution >= 4 is 17.4 Å². The van der Waals surface area contributed by atoms with Crippen LogP contribution in [0.4, 0.5) is 0 Å². The third-order valence-electron chi connectivity index (χ3n) is 4.37. The second kappa shape index (κ2) is 5.21. The molecule has 0 spiro atoms. The molecule has 2 saturated heterocycles. The number of carbonyl (C=O) groups excluding carboxylic acids is 1. The Balaban J connectivity index is 1.74.